The summed E-state index contributed by atoms with van der Waals surface area (Å²) in [5.74, 6) is -2.20. The first kappa shape index (κ1) is 17.7. The Bertz CT molecular complexity index is 525. The second-order valence-corrected chi connectivity index (χ2v) is 7.92. The van der Waals surface area contributed by atoms with E-state index >= 15 is 0 Å². The summed E-state index contributed by atoms with van der Waals surface area (Å²) < 4.78 is 13.9. The van der Waals surface area contributed by atoms with Gasteiger partial charge in [-0.05, 0) is 30.6 Å². The molecule has 0 aromatic heterocycles. The van der Waals surface area contributed by atoms with Gasteiger partial charge in [0.1, 0.15) is 12.1 Å². The maximum absolute atomic E-state index is 13.9. The highest BCUT2D eigenvalue weighted by atomic mass is 19.1. The van der Waals surface area contributed by atoms with E-state index in [9.17, 15) is 23.9 Å². The SMILES string of the molecule is CC1C[C@@H](C(=O)O)N(C(=O)[C@@H](NC(=O)C2(F)CC2)C(C)(C)C)C1. The van der Waals surface area contributed by atoms with Gasteiger partial charge in [0.05, 0.1) is 0 Å². The van der Waals surface area contributed by atoms with Gasteiger partial charge < -0.3 is 15.3 Å². The van der Waals surface area contributed by atoms with Crippen LogP contribution in [0.1, 0.15) is 47.0 Å². The second-order valence-electron chi connectivity index (χ2n) is 7.92. The van der Waals surface area contributed by atoms with Crippen LogP contribution in [0.25, 0.3) is 0 Å². The summed E-state index contributed by atoms with van der Waals surface area (Å²) in [6, 6.07) is -1.84. The number of carboxylic acid groups (broad SMARTS) is 1. The van der Waals surface area contributed by atoms with E-state index in [2.05, 4.69) is 5.32 Å². The summed E-state index contributed by atoms with van der Waals surface area (Å²) in [5.41, 5.74) is -2.51. The zero-order valence-electron chi connectivity index (χ0n) is 14.1. The fraction of sp³-hybridized carbons (Fsp3) is 0.812. The number of nitrogens with zero attached hydrogens (tertiary/aromatic N) is 1. The van der Waals surface area contributed by atoms with Crippen LogP contribution >= 0.6 is 0 Å². The van der Waals surface area contributed by atoms with E-state index in [0.29, 0.717) is 13.0 Å². The third kappa shape index (κ3) is 3.64. The molecule has 2 N–H and O–H groups in total. The van der Waals surface area contributed by atoms with Crippen LogP contribution in [0, 0.1) is 11.3 Å². The summed E-state index contributed by atoms with van der Waals surface area (Å²) in [6.07, 6.45) is 0.726. The molecule has 1 aliphatic heterocycles. The van der Waals surface area contributed by atoms with E-state index in [1.54, 1.807) is 20.8 Å². The molecule has 23 heavy (non-hydrogen) atoms. The monoisotopic (exact) mass is 328 g/mol. The van der Waals surface area contributed by atoms with Gasteiger partial charge in [0.2, 0.25) is 5.91 Å². The molecule has 1 saturated carbocycles. The van der Waals surface area contributed by atoms with Gasteiger partial charge in [-0.25, -0.2) is 9.18 Å². The molecule has 1 unspecified atom stereocenters. The van der Waals surface area contributed by atoms with Crippen molar-refractivity contribution in [3.05, 3.63) is 0 Å². The third-order valence-corrected chi connectivity index (χ3v) is 4.56. The Labute approximate surface area is 135 Å². The van der Waals surface area contributed by atoms with Crippen molar-refractivity contribution in [1.29, 1.82) is 0 Å². The molecule has 130 valence electrons. The zero-order valence-corrected chi connectivity index (χ0v) is 14.1. The minimum atomic E-state index is -1.87. The molecule has 0 aromatic carbocycles. The standard InChI is InChI=1S/C16H25FN2O4/c1-9-7-10(13(21)22)19(8-9)12(20)11(15(2,3)4)18-14(23)16(17)5-6-16/h9-11H,5-8H2,1-4H3,(H,18,23)(H,21,22)/t9?,10-,11+/m0/s1. The van der Waals surface area contributed by atoms with Crippen molar-refractivity contribution < 1.29 is 23.9 Å². The molecule has 0 spiro atoms. The minimum absolute atomic E-state index is 0.0762. The highest BCUT2D eigenvalue weighted by Gasteiger charge is 2.53. The number of likely N-dealkylation sites (tertiary alicyclic amines) is 1. The number of halogens is 1. The predicted octanol–water partition coefficient (Wildman–Crippen LogP) is 1.34. The number of carboxylic acids is 1. The number of hydrogen-bond acceptors (Lipinski definition) is 3. The number of aliphatic carboxylic acids is 1. The third-order valence-electron chi connectivity index (χ3n) is 4.56. The molecule has 2 aliphatic rings. The zero-order chi connectivity index (χ0) is 17.6. The first-order chi connectivity index (χ1) is 10.5. The van der Waals surface area contributed by atoms with Crippen LogP contribution in [0.5, 0.6) is 0 Å². The Morgan fingerprint density at radius 1 is 1.30 bits per heavy atom. The average Bonchev–Trinajstić information content (AvgIpc) is 3.04. The Hall–Kier alpha value is -1.66. The molecule has 0 bridgehead atoms. The van der Waals surface area contributed by atoms with E-state index in [1.165, 1.54) is 4.90 Å². The summed E-state index contributed by atoms with van der Waals surface area (Å²) in [7, 11) is 0. The normalized spacial score (nSPS) is 27.4. The maximum atomic E-state index is 13.9. The average molecular weight is 328 g/mol. The van der Waals surface area contributed by atoms with Crippen molar-refractivity contribution in [2.45, 2.75) is 64.7 Å². The molecule has 1 saturated heterocycles. The molecule has 2 rings (SSSR count). The Morgan fingerprint density at radius 2 is 1.87 bits per heavy atom. The fourth-order valence-corrected chi connectivity index (χ4v) is 2.94. The van der Waals surface area contributed by atoms with Gasteiger partial charge in [-0.3, -0.25) is 9.59 Å². The molecule has 2 fully saturated rings. The number of alkyl halides is 1. The smallest absolute Gasteiger partial charge is 0.326 e. The van der Waals surface area contributed by atoms with Gasteiger partial charge in [0.15, 0.2) is 5.67 Å². The summed E-state index contributed by atoms with van der Waals surface area (Å²) in [6.45, 7) is 7.52. The van der Waals surface area contributed by atoms with Crippen LogP contribution in [0.2, 0.25) is 0 Å². The van der Waals surface area contributed by atoms with Crippen molar-refractivity contribution in [2.75, 3.05) is 6.54 Å². The molecule has 3 atom stereocenters. The van der Waals surface area contributed by atoms with Gasteiger partial charge in [0, 0.05) is 6.54 Å². The molecule has 1 heterocycles. The number of rotatable bonds is 4. The number of carbonyl (C=O) groups excluding carboxylic acids is 2. The van der Waals surface area contributed by atoms with Crippen LogP contribution in [-0.4, -0.2) is 52.1 Å². The molecule has 2 amide bonds. The highest BCUT2D eigenvalue weighted by Crippen LogP contribution is 2.40. The number of carbonyl (C=O) groups is 3. The molecule has 7 heteroatoms. The predicted molar refractivity (Wildman–Crippen MR) is 81.4 cm³/mol. The van der Waals surface area contributed by atoms with E-state index in [1.807, 2.05) is 6.92 Å². The lowest BCUT2D eigenvalue weighted by molar-refractivity contribution is -0.151. The van der Waals surface area contributed by atoms with Crippen molar-refractivity contribution in [3.63, 3.8) is 0 Å². The van der Waals surface area contributed by atoms with Crippen LogP contribution in [-0.2, 0) is 14.4 Å². The second kappa shape index (κ2) is 5.76. The lowest BCUT2D eigenvalue weighted by Gasteiger charge is -2.35. The van der Waals surface area contributed by atoms with Crippen molar-refractivity contribution in [1.82, 2.24) is 10.2 Å². The molecule has 1 aliphatic carbocycles. The van der Waals surface area contributed by atoms with Crippen molar-refractivity contribution >= 4 is 17.8 Å². The summed E-state index contributed by atoms with van der Waals surface area (Å²) >= 11 is 0. The Kier molecular flexibility index (Phi) is 4.43. The fourth-order valence-electron chi connectivity index (χ4n) is 2.94. The summed E-state index contributed by atoms with van der Waals surface area (Å²) in [4.78, 5) is 37.6. The lowest BCUT2D eigenvalue weighted by Crippen LogP contribution is -2.58. The van der Waals surface area contributed by atoms with Crippen molar-refractivity contribution in [2.24, 2.45) is 11.3 Å². The van der Waals surface area contributed by atoms with E-state index in [4.69, 9.17) is 0 Å². The van der Waals surface area contributed by atoms with Crippen LogP contribution in [0.4, 0.5) is 4.39 Å². The van der Waals surface area contributed by atoms with E-state index in [0.717, 1.165) is 0 Å². The van der Waals surface area contributed by atoms with Crippen LogP contribution < -0.4 is 5.32 Å². The van der Waals surface area contributed by atoms with Crippen LogP contribution in [0.15, 0.2) is 0 Å². The first-order valence-corrected chi connectivity index (χ1v) is 7.99. The number of hydrogen-bond donors (Lipinski definition) is 2. The highest BCUT2D eigenvalue weighted by molar-refractivity contribution is 5.94. The maximum Gasteiger partial charge on any atom is 0.326 e. The van der Waals surface area contributed by atoms with E-state index in [-0.39, 0.29) is 18.8 Å². The Balaban J connectivity index is 2.19. The Morgan fingerprint density at radius 3 is 2.30 bits per heavy atom. The molecule has 0 radical (unpaired) electrons. The molecular weight excluding hydrogens is 303 g/mol. The molecule has 6 nitrogen and oxygen atoms in total. The minimum Gasteiger partial charge on any atom is -0.480 e. The summed E-state index contributed by atoms with van der Waals surface area (Å²) in [5, 5.41) is 11.8. The van der Waals surface area contributed by atoms with Crippen molar-refractivity contribution in [3.8, 4) is 0 Å². The number of amides is 2. The van der Waals surface area contributed by atoms with Gasteiger partial charge >= 0.3 is 5.97 Å². The van der Waals surface area contributed by atoms with Gasteiger partial charge in [0.25, 0.3) is 5.91 Å². The topological polar surface area (TPSA) is 86.7 Å². The first-order valence-electron chi connectivity index (χ1n) is 7.99. The molecular formula is C16H25FN2O4. The quantitative estimate of drug-likeness (QED) is 0.815. The van der Waals surface area contributed by atoms with Gasteiger partial charge in [-0.15, -0.1) is 0 Å². The number of nitrogens with one attached hydrogen (secondary N) is 1. The van der Waals surface area contributed by atoms with Gasteiger partial charge in [-0.2, -0.15) is 0 Å². The largest absolute Gasteiger partial charge is 0.480 e. The molecule has 0 aromatic rings. The van der Waals surface area contributed by atoms with Crippen LogP contribution in [0.3, 0.4) is 0 Å². The lowest BCUT2D eigenvalue weighted by atomic mass is 9.85. The van der Waals surface area contributed by atoms with E-state index < -0.39 is 41.0 Å². The van der Waals surface area contributed by atoms with Gasteiger partial charge in [-0.1, -0.05) is 27.7 Å².